The summed E-state index contributed by atoms with van der Waals surface area (Å²) in [5.41, 5.74) is 1.37. The van der Waals surface area contributed by atoms with Crippen LogP contribution in [0.5, 0.6) is 0 Å². The molecular weight excluding hydrogens is 346 g/mol. The molecule has 0 atom stereocenters. The van der Waals surface area contributed by atoms with Gasteiger partial charge in [-0.3, -0.25) is 4.72 Å². The first-order valence-electron chi connectivity index (χ1n) is 6.96. The molecule has 8 heteroatoms. The predicted molar refractivity (Wildman–Crippen MR) is 91.3 cm³/mol. The van der Waals surface area contributed by atoms with Gasteiger partial charge in [-0.05, 0) is 38.1 Å². The number of anilines is 1. The molecule has 0 aliphatic rings. The number of nitrogens with one attached hydrogen (secondary N) is 1. The maximum absolute atomic E-state index is 12.9. The molecule has 3 rings (SSSR count). The van der Waals surface area contributed by atoms with Crippen LogP contribution in [0.15, 0.2) is 45.9 Å². The van der Waals surface area contributed by atoms with Gasteiger partial charge < -0.3 is 4.52 Å². The predicted octanol–water partition coefficient (Wildman–Crippen LogP) is 3.69. The number of hydrogen-bond acceptors (Lipinski definition) is 6. The Kier molecular flexibility index (Phi) is 4.13. The van der Waals surface area contributed by atoms with Gasteiger partial charge in [0.1, 0.15) is 4.90 Å². The van der Waals surface area contributed by atoms with Crippen molar-refractivity contribution in [1.29, 1.82) is 5.26 Å². The number of aryl methyl sites for hydroxylation is 2. The number of thiophene rings is 1. The van der Waals surface area contributed by atoms with E-state index in [1.165, 1.54) is 17.5 Å². The quantitative estimate of drug-likeness (QED) is 0.766. The Morgan fingerprint density at radius 2 is 1.88 bits per heavy atom. The van der Waals surface area contributed by atoms with E-state index in [2.05, 4.69) is 9.88 Å². The highest BCUT2D eigenvalue weighted by atomic mass is 32.2. The van der Waals surface area contributed by atoms with Crippen LogP contribution in [0.3, 0.4) is 0 Å². The molecule has 1 N–H and O–H groups in total. The summed E-state index contributed by atoms with van der Waals surface area (Å²) < 4.78 is 33.5. The first-order valence-corrected chi connectivity index (χ1v) is 9.26. The van der Waals surface area contributed by atoms with Crippen molar-refractivity contribution in [1.82, 2.24) is 5.16 Å². The van der Waals surface area contributed by atoms with E-state index in [1.807, 2.05) is 13.0 Å². The Hall–Kier alpha value is -2.63. The first-order chi connectivity index (χ1) is 11.4. The standard InChI is InChI=1S/C16H13N3O3S2/c1-10-15(14-7-8-18-22-14)16(11(2)23-10)24(20,21)19-13-5-3-12(9-17)4-6-13/h3-8,19H,1-2H3. The van der Waals surface area contributed by atoms with Gasteiger partial charge in [0.15, 0.2) is 5.76 Å². The second kappa shape index (κ2) is 6.11. The fourth-order valence-corrected chi connectivity index (χ4v) is 5.36. The summed E-state index contributed by atoms with van der Waals surface area (Å²) >= 11 is 1.39. The van der Waals surface area contributed by atoms with Gasteiger partial charge in [-0.25, -0.2) is 8.42 Å². The van der Waals surface area contributed by atoms with Crippen LogP contribution in [0.1, 0.15) is 15.3 Å². The minimum Gasteiger partial charge on any atom is -0.356 e. The van der Waals surface area contributed by atoms with Gasteiger partial charge in [0.05, 0.1) is 23.4 Å². The summed E-state index contributed by atoms with van der Waals surface area (Å²) in [5, 5.41) is 12.5. The number of nitrogens with zero attached hydrogens (tertiary/aromatic N) is 2. The third-order valence-corrected chi connectivity index (χ3v) is 6.13. The lowest BCUT2D eigenvalue weighted by molar-refractivity contribution is 0.431. The lowest BCUT2D eigenvalue weighted by atomic mass is 10.2. The highest BCUT2D eigenvalue weighted by Crippen LogP contribution is 2.39. The molecule has 0 fully saturated rings. The van der Waals surface area contributed by atoms with Gasteiger partial charge in [0.25, 0.3) is 10.0 Å². The van der Waals surface area contributed by atoms with E-state index < -0.39 is 10.0 Å². The fraction of sp³-hybridized carbons (Fsp3) is 0.125. The van der Waals surface area contributed by atoms with E-state index in [9.17, 15) is 8.42 Å². The fourth-order valence-electron chi connectivity index (χ4n) is 2.44. The lowest BCUT2D eigenvalue weighted by Crippen LogP contribution is -2.14. The summed E-state index contributed by atoms with van der Waals surface area (Å²) in [5.74, 6) is 0.414. The minimum absolute atomic E-state index is 0.186. The average Bonchev–Trinajstić information content (AvgIpc) is 3.15. The Morgan fingerprint density at radius 3 is 2.46 bits per heavy atom. The zero-order chi connectivity index (χ0) is 17.3. The van der Waals surface area contributed by atoms with Crippen molar-refractivity contribution >= 4 is 27.0 Å². The molecule has 0 saturated heterocycles. The monoisotopic (exact) mass is 359 g/mol. The molecule has 0 aliphatic heterocycles. The van der Waals surface area contributed by atoms with Crippen molar-refractivity contribution in [2.24, 2.45) is 0 Å². The molecule has 0 aliphatic carbocycles. The number of nitriles is 1. The second-order valence-electron chi connectivity index (χ2n) is 5.09. The van der Waals surface area contributed by atoms with Crippen LogP contribution < -0.4 is 4.72 Å². The van der Waals surface area contributed by atoms with Crippen LogP contribution in [0.2, 0.25) is 0 Å². The topological polar surface area (TPSA) is 96.0 Å². The lowest BCUT2D eigenvalue weighted by Gasteiger charge is -2.09. The summed E-state index contributed by atoms with van der Waals surface area (Å²) in [6, 6.07) is 9.85. The Balaban J connectivity index is 2.06. The van der Waals surface area contributed by atoms with Crippen LogP contribution in [-0.2, 0) is 10.0 Å². The molecular formula is C16H13N3O3S2. The van der Waals surface area contributed by atoms with Crippen molar-refractivity contribution in [3.8, 4) is 17.4 Å². The number of rotatable bonds is 4. The van der Waals surface area contributed by atoms with E-state index >= 15 is 0 Å². The largest absolute Gasteiger partial charge is 0.356 e. The van der Waals surface area contributed by atoms with Crippen molar-refractivity contribution in [2.45, 2.75) is 18.7 Å². The van der Waals surface area contributed by atoms with Gasteiger partial charge >= 0.3 is 0 Å². The zero-order valence-electron chi connectivity index (χ0n) is 12.9. The number of aromatic nitrogens is 1. The maximum Gasteiger partial charge on any atom is 0.263 e. The smallest absolute Gasteiger partial charge is 0.263 e. The molecule has 3 aromatic rings. The number of benzene rings is 1. The summed E-state index contributed by atoms with van der Waals surface area (Å²) in [6.07, 6.45) is 1.48. The Bertz CT molecular complexity index is 1010. The molecule has 0 spiro atoms. The third-order valence-electron chi connectivity index (χ3n) is 3.42. The molecule has 2 heterocycles. The van der Waals surface area contributed by atoms with Crippen molar-refractivity contribution < 1.29 is 12.9 Å². The van der Waals surface area contributed by atoms with Crippen molar-refractivity contribution in [3.63, 3.8) is 0 Å². The highest BCUT2D eigenvalue weighted by Gasteiger charge is 2.28. The maximum atomic E-state index is 12.9. The van der Waals surface area contributed by atoms with Crippen LogP contribution in [-0.4, -0.2) is 13.6 Å². The second-order valence-corrected chi connectivity index (χ2v) is 8.14. The van der Waals surface area contributed by atoms with Gasteiger partial charge in [0.2, 0.25) is 0 Å². The minimum atomic E-state index is -3.81. The van der Waals surface area contributed by atoms with Gasteiger partial charge in [-0.15, -0.1) is 11.3 Å². The molecule has 0 amide bonds. The molecule has 0 radical (unpaired) electrons. The summed E-state index contributed by atoms with van der Waals surface area (Å²) in [6.45, 7) is 3.60. The first kappa shape index (κ1) is 16.2. The third kappa shape index (κ3) is 2.91. The van der Waals surface area contributed by atoms with E-state index in [0.29, 0.717) is 27.5 Å². The van der Waals surface area contributed by atoms with Crippen LogP contribution in [0, 0.1) is 25.2 Å². The van der Waals surface area contributed by atoms with Crippen LogP contribution in [0.25, 0.3) is 11.3 Å². The van der Waals surface area contributed by atoms with E-state index in [0.717, 1.165) is 4.88 Å². The normalized spacial score (nSPS) is 11.2. The van der Waals surface area contributed by atoms with E-state index in [1.54, 1.807) is 37.3 Å². The van der Waals surface area contributed by atoms with Gasteiger partial charge in [0, 0.05) is 21.5 Å². The van der Waals surface area contributed by atoms with Crippen LogP contribution >= 0.6 is 11.3 Å². The molecule has 6 nitrogen and oxygen atoms in total. The Labute approximate surface area is 143 Å². The zero-order valence-corrected chi connectivity index (χ0v) is 14.5. The van der Waals surface area contributed by atoms with E-state index in [-0.39, 0.29) is 4.90 Å². The average molecular weight is 359 g/mol. The molecule has 1 aromatic carbocycles. The molecule has 0 bridgehead atoms. The van der Waals surface area contributed by atoms with Gasteiger partial charge in [-0.2, -0.15) is 5.26 Å². The van der Waals surface area contributed by atoms with Gasteiger partial charge in [-0.1, -0.05) is 5.16 Å². The van der Waals surface area contributed by atoms with Crippen molar-refractivity contribution in [2.75, 3.05) is 4.72 Å². The molecule has 0 unspecified atom stereocenters. The highest BCUT2D eigenvalue weighted by molar-refractivity contribution is 7.93. The molecule has 24 heavy (non-hydrogen) atoms. The number of sulfonamides is 1. The van der Waals surface area contributed by atoms with E-state index in [4.69, 9.17) is 9.78 Å². The SMILES string of the molecule is Cc1sc(C)c(S(=O)(=O)Nc2ccc(C#N)cc2)c1-c1ccno1. The number of hydrogen-bond donors (Lipinski definition) is 1. The molecule has 0 saturated carbocycles. The summed E-state index contributed by atoms with van der Waals surface area (Å²) in [7, 11) is -3.81. The van der Waals surface area contributed by atoms with Crippen LogP contribution in [0.4, 0.5) is 5.69 Å². The molecule has 122 valence electrons. The summed E-state index contributed by atoms with van der Waals surface area (Å²) in [4.78, 5) is 1.69. The molecule has 2 aromatic heterocycles. The van der Waals surface area contributed by atoms with Crippen molar-refractivity contribution in [3.05, 3.63) is 51.8 Å². The Morgan fingerprint density at radius 1 is 1.17 bits per heavy atom.